The summed E-state index contributed by atoms with van der Waals surface area (Å²) in [6.07, 6.45) is 2.20. The number of halogens is 2. The highest BCUT2D eigenvalue weighted by Gasteiger charge is 2.29. The minimum atomic E-state index is 0.150. The van der Waals surface area contributed by atoms with E-state index in [1.165, 1.54) is 0 Å². The van der Waals surface area contributed by atoms with Crippen LogP contribution in [0.25, 0.3) is 0 Å². The number of rotatable bonds is 1. The number of nitrogens with zero attached hydrogens (tertiary/aromatic N) is 1. The van der Waals surface area contributed by atoms with Crippen molar-refractivity contribution in [1.82, 2.24) is 4.90 Å². The lowest BCUT2D eigenvalue weighted by Gasteiger charge is -2.38. The van der Waals surface area contributed by atoms with Gasteiger partial charge in [0.25, 0.3) is 0 Å². The molecule has 1 aromatic rings. The number of piperidine rings is 1. The second-order valence-corrected chi connectivity index (χ2v) is 5.24. The van der Waals surface area contributed by atoms with Crippen LogP contribution in [0.1, 0.15) is 24.4 Å². The highest BCUT2D eigenvalue weighted by atomic mass is 35.5. The van der Waals surface area contributed by atoms with Crippen molar-refractivity contribution in [3.63, 3.8) is 0 Å². The zero-order valence-corrected chi connectivity index (χ0v) is 10.8. The molecular formula is C12H16Cl2N2. The lowest BCUT2D eigenvalue weighted by molar-refractivity contribution is 0.163. The molecule has 88 valence electrons. The maximum absolute atomic E-state index is 6.23. The number of benzene rings is 1. The first kappa shape index (κ1) is 12.2. The van der Waals surface area contributed by atoms with E-state index in [2.05, 4.69) is 11.9 Å². The monoisotopic (exact) mass is 258 g/mol. The van der Waals surface area contributed by atoms with Crippen LogP contribution in [0.3, 0.4) is 0 Å². The summed E-state index contributed by atoms with van der Waals surface area (Å²) >= 11 is 12.1. The van der Waals surface area contributed by atoms with Crippen molar-refractivity contribution >= 4 is 23.2 Å². The van der Waals surface area contributed by atoms with Gasteiger partial charge in [0, 0.05) is 16.1 Å². The summed E-state index contributed by atoms with van der Waals surface area (Å²) in [6, 6.07) is 6.00. The molecule has 0 spiro atoms. The van der Waals surface area contributed by atoms with Crippen LogP contribution in [0.4, 0.5) is 0 Å². The fourth-order valence-corrected chi connectivity index (χ4v) is 2.93. The zero-order chi connectivity index (χ0) is 11.7. The molecule has 0 bridgehead atoms. The molecule has 1 aromatic carbocycles. The largest absolute Gasteiger partial charge is 0.326 e. The van der Waals surface area contributed by atoms with Gasteiger partial charge in [0.15, 0.2) is 0 Å². The zero-order valence-electron chi connectivity index (χ0n) is 9.29. The first-order valence-electron chi connectivity index (χ1n) is 5.50. The third kappa shape index (κ3) is 2.35. The van der Waals surface area contributed by atoms with Crippen LogP contribution in [0.5, 0.6) is 0 Å². The van der Waals surface area contributed by atoms with E-state index in [0.717, 1.165) is 24.9 Å². The van der Waals surface area contributed by atoms with Crippen LogP contribution < -0.4 is 5.73 Å². The number of likely N-dealkylation sites (N-methyl/N-ethyl adjacent to an activating group) is 1. The third-order valence-corrected chi connectivity index (χ3v) is 3.77. The summed E-state index contributed by atoms with van der Waals surface area (Å²) in [7, 11) is 2.09. The lowest BCUT2D eigenvalue weighted by atomic mass is 9.91. The minimum Gasteiger partial charge on any atom is -0.326 e. The molecular weight excluding hydrogens is 243 g/mol. The Bertz CT molecular complexity index is 371. The predicted molar refractivity (Wildman–Crippen MR) is 69.0 cm³/mol. The Kier molecular flexibility index (Phi) is 3.75. The van der Waals surface area contributed by atoms with Gasteiger partial charge in [0.05, 0.1) is 6.04 Å². The normalized spacial score (nSPS) is 27.0. The van der Waals surface area contributed by atoms with Gasteiger partial charge >= 0.3 is 0 Å². The molecule has 2 unspecified atom stereocenters. The third-order valence-electron chi connectivity index (χ3n) is 3.21. The standard InChI is InChI=1S/C12H16Cl2N2/c1-16-6-2-3-11(15)12(16)9-5-4-8(13)7-10(9)14/h4-5,7,11-12H,2-3,6,15H2,1H3. The van der Waals surface area contributed by atoms with Crippen LogP contribution in [0.2, 0.25) is 10.0 Å². The van der Waals surface area contributed by atoms with E-state index in [-0.39, 0.29) is 12.1 Å². The Balaban J connectivity index is 2.34. The second kappa shape index (κ2) is 4.92. The van der Waals surface area contributed by atoms with Crippen molar-refractivity contribution < 1.29 is 0 Å². The molecule has 0 amide bonds. The molecule has 4 heteroatoms. The highest BCUT2D eigenvalue weighted by molar-refractivity contribution is 6.35. The number of likely N-dealkylation sites (tertiary alicyclic amines) is 1. The Morgan fingerprint density at radius 2 is 2.12 bits per heavy atom. The van der Waals surface area contributed by atoms with Crippen LogP contribution in [-0.4, -0.2) is 24.5 Å². The number of hydrogen-bond acceptors (Lipinski definition) is 2. The van der Waals surface area contributed by atoms with Gasteiger partial charge in [-0.1, -0.05) is 29.3 Å². The van der Waals surface area contributed by atoms with Crippen LogP contribution >= 0.6 is 23.2 Å². The molecule has 1 heterocycles. The second-order valence-electron chi connectivity index (χ2n) is 4.40. The van der Waals surface area contributed by atoms with E-state index in [1.54, 1.807) is 6.07 Å². The van der Waals surface area contributed by atoms with E-state index in [0.29, 0.717) is 10.0 Å². The van der Waals surface area contributed by atoms with Gasteiger partial charge in [-0.15, -0.1) is 0 Å². The fraction of sp³-hybridized carbons (Fsp3) is 0.500. The van der Waals surface area contributed by atoms with Crippen LogP contribution in [-0.2, 0) is 0 Å². The minimum absolute atomic E-state index is 0.150. The van der Waals surface area contributed by atoms with E-state index in [1.807, 2.05) is 12.1 Å². The predicted octanol–water partition coefficient (Wildman–Crippen LogP) is 3.09. The van der Waals surface area contributed by atoms with Crippen molar-refractivity contribution in [1.29, 1.82) is 0 Å². The lowest BCUT2D eigenvalue weighted by Crippen LogP contribution is -2.43. The number of nitrogens with two attached hydrogens (primary N) is 1. The summed E-state index contributed by atoms with van der Waals surface area (Å²) in [4.78, 5) is 2.27. The van der Waals surface area contributed by atoms with Gasteiger partial charge < -0.3 is 5.73 Å². The summed E-state index contributed by atoms with van der Waals surface area (Å²) in [5.74, 6) is 0. The van der Waals surface area contributed by atoms with E-state index in [4.69, 9.17) is 28.9 Å². The fourth-order valence-electron chi connectivity index (χ4n) is 2.41. The van der Waals surface area contributed by atoms with Gasteiger partial charge in [-0.3, -0.25) is 4.90 Å². The molecule has 2 N–H and O–H groups in total. The van der Waals surface area contributed by atoms with E-state index < -0.39 is 0 Å². The summed E-state index contributed by atoms with van der Waals surface area (Å²) in [5, 5.41) is 1.38. The summed E-state index contributed by atoms with van der Waals surface area (Å²) in [6.45, 7) is 1.07. The average Bonchev–Trinajstić information content (AvgIpc) is 2.20. The van der Waals surface area contributed by atoms with Crippen LogP contribution in [0.15, 0.2) is 18.2 Å². The van der Waals surface area contributed by atoms with Crippen molar-refractivity contribution in [3.8, 4) is 0 Å². The molecule has 0 aliphatic carbocycles. The SMILES string of the molecule is CN1CCCC(N)C1c1ccc(Cl)cc1Cl. The molecule has 2 nitrogen and oxygen atoms in total. The quantitative estimate of drug-likeness (QED) is 0.839. The topological polar surface area (TPSA) is 29.3 Å². The van der Waals surface area contributed by atoms with Gasteiger partial charge in [-0.05, 0) is 44.1 Å². The highest BCUT2D eigenvalue weighted by Crippen LogP contribution is 2.34. The van der Waals surface area contributed by atoms with Gasteiger partial charge in [-0.25, -0.2) is 0 Å². The van der Waals surface area contributed by atoms with Crippen molar-refractivity contribution in [3.05, 3.63) is 33.8 Å². The molecule has 1 saturated heterocycles. The molecule has 1 aliphatic rings. The first-order chi connectivity index (χ1) is 7.59. The van der Waals surface area contributed by atoms with Crippen molar-refractivity contribution in [2.45, 2.75) is 24.9 Å². The maximum Gasteiger partial charge on any atom is 0.0511 e. The molecule has 1 aliphatic heterocycles. The summed E-state index contributed by atoms with van der Waals surface area (Å²) in [5.41, 5.74) is 7.26. The van der Waals surface area contributed by atoms with E-state index in [9.17, 15) is 0 Å². The average molecular weight is 259 g/mol. The van der Waals surface area contributed by atoms with E-state index >= 15 is 0 Å². The Hall–Kier alpha value is -0.280. The van der Waals surface area contributed by atoms with Crippen molar-refractivity contribution in [2.24, 2.45) is 5.73 Å². The number of hydrogen-bond donors (Lipinski definition) is 1. The van der Waals surface area contributed by atoms with Gasteiger partial charge in [0.1, 0.15) is 0 Å². The van der Waals surface area contributed by atoms with Crippen LogP contribution in [0, 0.1) is 0 Å². The molecule has 0 saturated carbocycles. The summed E-state index contributed by atoms with van der Waals surface area (Å²) < 4.78 is 0. The molecule has 16 heavy (non-hydrogen) atoms. The van der Waals surface area contributed by atoms with Crippen molar-refractivity contribution in [2.75, 3.05) is 13.6 Å². The first-order valence-corrected chi connectivity index (χ1v) is 6.26. The molecule has 1 fully saturated rings. The molecule has 2 rings (SSSR count). The molecule has 0 aromatic heterocycles. The van der Waals surface area contributed by atoms with Gasteiger partial charge in [0.2, 0.25) is 0 Å². The Morgan fingerprint density at radius 1 is 1.38 bits per heavy atom. The smallest absolute Gasteiger partial charge is 0.0511 e. The molecule has 0 radical (unpaired) electrons. The molecule has 2 atom stereocenters. The maximum atomic E-state index is 6.23. The Labute approximate surface area is 106 Å². The van der Waals surface area contributed by atoms with Gasteiger partial charge in [-0.2, -0.15) is 0 Å². The Morgan fingerprint density at radius 3 is 2.75 bits per heavy atom.